The molecule has 2 unspecified atom stereocenters. The summed E-state index contributed by atoms with van der Waals surface area (Å²) in [6, 6.07) is 0.0131. The van der Waals surface area contributed by atoms with Crippen LogP contribution in [0.4, 0.5) is 0 Å². The first-order chi connectivity index (χ1) is 8.06. The molecule has 0 aliphatic rings. The maximum absolute atomic E-state index is 6.25. The Morgan fingerprint density at radius 3 is 2.47 bits per heavy atom. The van der Waals surface area contributed by atoms with Crippen LogP contribution in [0.5, 0.6) is 5.75 Å². The van der Waals surface area contributed by atoms with Crippen molar-refractivity contribution in [3.05, 3.63) is 11.9 Å². The van der Waals surface area contributed by atoms with Gasteiger partial charge in [0.25, 0.3) is 0 Å². The van der Waals surface area contributed by atoms with Gasteiger partial charge in [-0.25, -0.2) is 0 Å². The Morgan fingerprint density at radius 2 is 2.06 bits per heavy atom. The SMILES string of the molecule is CCC(OC)C(N)c1c(OC)cnn1C(C)C. The first-order valence-corrected chi connectivity index (χ1v) is 5.96. The van der Waals surface area contributed by atoms with Crippen LogP contribution in [0.3, 0.4) is 0 Å². The minimum absolute atomic E-state index is 0.0295. The Morgan fingerprint density at radius 1 is 1.41 bits per heavy atom. The summed E-state index contributed by atoms with van der Waals surface area (Å²) in [6.45, 7) is 6.18. The molecule has 98 valence electrons. The van der Waals surface area contributed by atoms with E-state index in [0.717, 1.165) is 17.9 Å². The molecule has 0 saturated carbocycles. The molecule has 0 aromatic carbocycles. The van der Waals surface area contributed by atoms with E-state index in [1.165, 1.54) is 0 Å². The predicted molar refractivity (Wildman–Crippen MR) is 67.2 cm³/mol. The molecule has 0 aliphatic heterocycles. The lowest BCUT2D eigenvalue weighted by Crippen LogP contribution is -2.30. The molecule has 1 rings (SSSR count). The van der Waals surface area contributed by atoms with Crippen LogP contribution in [0.2, 0.25) is 0 Å². The number of hydrogen-bond acceptors (Lipinski definition) is 4. The Balaban J connectivity index is 3.12. The lowest BCUT2D eigenvalue weighted by molar-refractivity contribution is 0.0734. The average molecular weight is 241 g/mol. The third kappa shape index (κ3) is 2.79. The van der Waals surface area contributed by atoms with E-state index in [2.05, 4.69) is 25.9 Å². The van der Waals surface area contributed by atoms with Gasteiger partial charge in [0.2, 0.25) is 0 Å². The van der Waals surface area contributed by atoms with Crippen LogP contribution in [0.1, 0.15) is 45.0 Å². The van der Waals surface area contributed by atoms with Gasteiger partial charge in [0.15, 0.2) is 5.75 Å². The average Bonchev–Trinajstić information content (AvgIpc) is 2.73. The van der Waals surface area contributed by atoms with Gasteiger partial charge in [0.1, 0.15) is 5.69 Å². The van der Waals surface area contributed by atoms with Crippen LogP contribution in [-0.2, 0) is 4.74 Å². The second-order valence-electron chi connectivity index (χ2n) is 4.34. The van der Waals surface area contributed by atoms with E-state index in [0.29, 0.717) is 0 Å². The molecule has 1 aromatic heterocycles. The Kier molecular flexibility index (Phi) is 4.96. The Hall–Kier alpha value is -1.07. The molecule has 2 atom stereocenters. The van der Waals surface area contributed by atoms with Crippen molar-refractivity contribution in [1.82, 2.24) is 9.78 Å². The van der Waals surface area contributed by atoms with Crippen molar-refractivity contribution in [2.24, 2.45) is 5.73 Å². The smallest absolute Gasteiger partial charge is 0.161 e. The zero-order chi connectivity index (χ0) is 13.0. The van der Waals surface area contributed by atoms with Crippen LogP contribution in [-0.4, -0.2) is 30.1 Å². The molecule has 0 radical (unpaired) electrons. The van der Waals surface area contributed by atoms with Crippen molar-refractivity contribution in [3.8, 4) is 5.75 Å². The van der Waals surface area contributed by atoms with Gasteiger partial charge < -0.3 is 15.2 Å². The molecule has 0 bridgehead atoms. The number of methoxy groups -OCH3 is 2. The first kappa shape index (κ1) is 14.0. The molecule has 2 N–H and O–H groups in total. The zero-order valence-corrected chi connectivity index (χ0v) is 11.3. The van der Waals surface area contributed by atoms with Crippen LogP contribution >= 0.6 is 0 Å². The third-order valence-corrected chi connectivity index (χ3v) is 2.93. The van der Waals surface area contributed by atoms with Gasteiger partial charge in [-0.15, -0.1) is 0 Å². The lowest BCUT2D eigenvalue weighted by Gasteiger charge is -2.24. The largest absolute Gasteiger partial charge is 0.493 e. The van der Waals surface area contributed by atoms with Gasteiger partial charge in [-0.1, -0.05) is 6.92 Å². The van der Waals surface area contributed by atoms with Crippen LogP contribution in [0.25, 0.3) is 0 Å². The molecule has 0 amide bonds. The molecular formula is C12H23N3O2. The van der Waals surface area contributed by atoms with Gasteiger partial charge >= 0.3 is 0 Å². The quantitative estimate of drug-likeness (QED) is 0.826. The summed E-state index contributed by atoms with van der Waals surface area (Å²) in [5, 5.41) is 4.31. The summed E-state index contributed by atoms with van der Waals surface area (Å²) in [6.07, 6.45) is 2.53. The topological polar surface area (TPSA) is 62.3 Å². The predicted octanol–water partition coefficient (Wildman–Crippen LogP) is 1.90. The van der Waals surface area contributed by atoms with E-state index in [4.69, 9.17) is 15.2 Å². The van der Waals surface area contributed by atoms with Crippen LogP contribution < -0.4 is 10.5 Å². The molecule has 0 aliphatic carbocycles. The highest BCUT2D eigenvalue weighted by atomic mass is 16.5. The molecule has 1 aromatic rings. The summed E-state index contributed by atoms with van der Waals surface area (Å²) in [7, 11) is 3.31. The summed E-state index contributed by atoms with van der Waals surface area (Å²) >= 11 is 0. The number of aromatic nitrogens is 2. The van der Waals surface area contributed by atoms with Gasteiger partial charge in [0, 0.05) is 13.2 Å². The maximum Gasteiger partial charge on any atom is 0.161 e. The van der Waals surface area contributed by atoms with Crippen LogP contribution in [0, 0.1) is 0 Å². The molecule has 5 heteroatoms. The molecule has 0 fully saturated rings. The normalized spacial score (nSPS) is 15.0. The first-order valence-electron chi connectivity index (χ1n) is 5.96. The van der Waals surface area contributed by atoms with Crippen molar-refractivity contribution >= 4 is 0 Å². The number of rotatable bonds is 6. The second-order valence-corrected chi connectivity index (χ2v) is 4.34. The van der Waals surface area contributed by atoms with Gasteiger partial charge in [-0.3, -0.25) is 4.68 Å². The molecular weight excluding hydrogens is 218 g/mol. The summed E-state index contributed by atoms with van der Waals surface area (Å²) in [5.74, 6) is 0.724. The lowest BCUT2D eigenvalue weighted by atomic mass is 10.1. The van der Waals surface area contributed by atoms with E-state index in [-0.39, 0.29) is 18.2 Å². The molecule has 0 spiro atoms. The Labute approximate surface area is 103 Å². The van der Waals surface area contributed by atoms with Gasteiger partial charge in [-0.05, 0) is 20.3 Å². The highest BCUT2D eigenvalue weighted by molar-refractivity contribution is 5.29. The van der Waals surface area contributed by atoms with Crippen molar-refractivity contribution < 1.29 is 9.47 Å². The molecule has 5 nitrogen and oxygen atoms in total. The van der Waals surface area contributed by atoms with Gasteiger partial charge in [-0.2, -0.15) is 5.10 Å². The van der Waals surface area contributed by atoms with Crippen molar-refractivity contribution in [1.29, 1.82) is 0 Å². The molecule has 17 heavy (non-hydrogen) atoms. The van der Waals surface area contributed by atoms with Crippen molar-refractivity contribution in [2.45, 2.75) is 45.4 Å². The highest BCUT2D eigenvalue weighted by Gasteiger charge is 2.26. The second kappa shape index (κ2) is 6.02. The summed E-state index contributed by atoms with van der Waals surface area (Å²) < 4.78 is 12.6. The number of hydrogen-bond donors (Lipinski definition) is 1. The van der Waals surface area contributed by atoms with Crippen LogP contribution in [0.15, 0.2) is 6.20 Å². The third-order valence-electron chi connectivity index (χ3n) is 2.93. The summed E-state index contributed by atoms with van der Waals surface area (Å²) in [4.78, 5) is 0. The molecule has 1 heterocycles. The minimum Gasteiger partial charge on any atom is -0.493 e. The number of nitrogens with two attached hydrogens (primary N) is 1. The maximum atomic E-state index is 6.25. The van der Waals surface area contributed by atoms with E-state index >= 15 is 0 Å². The fourth-order valence-electron chi connectivity index (χ4n) is 1.98. The van der Waals surface area contributed by atoms with E-state index in [1.54, 1.807) is 20.4 Å². The highest BCUT2D eigenvalue weighted by Crippen LogP contribution is 2.29. The standard InChI is InChI=1S/C12H23N3O2/c1-6-9(16-4)11(13)12-10(17-5)7-14-15(12)8(2)3/h7-9,11H,6,13H2,1-5H3. The fourth-order valence-corrected chi connectivity index (χ4v) is 1.98. The monoisotopic (exact) mass is 241 g/mol. The van der Waals surface area contributed by atoms with Crippen molar-refractivity contribution in [2.75, 3.05) is 14.2 Å². The fraction of sp³-hybridized carbons (Fsp3) is 0.750. The summed E-state index contributed by atoms with van der Waals surface area (Å²) in [5.41, 5.74) is 7.15. The van der Waals surface area contributed by atoms with E-state index in [9.17, 15) is 0 Å². The van der Waals surface area contributed by atoms with Crippen molar-refractivity contribution in [3.63, 3.8) is 0 Å². The number of ether oxygens (including phenoxy) is 2. The molecule has 0 saturated heterocycles. The van der Waals surface area contributed by atoms with E-state index < -0.39 is 0 Å². The minimum atomic E-state index is -0.232. The zero-order valence-electron chi connectivity index (χ0n) is 11.3. The Bertz CT molecular complexity index is 346. The van der Waals surface area contributed by atoms with Gasteiger partial charge in [0.05, 0.1) is 25.5 Å². The number of nitrogens with zero attached hydrogens (tertiary/aromatic N) is 2. The van der Waals surface area contributed by atoms with E-state index in [1.807, 2.05) is 4.68 Å².